The minimum absolute atomic E-state index is 0.0268. The first-order valence-corrected chi connectivity index (χ1v) is 3.20. The van der Waals surface area contributed by atoms with Crippen molar-refractivity contribution in [3.63, 3.8) is 0 Å². The molecule has 1 N–H and O–H groups in total. The zero-order valence-corrected chi connectivity index (χ0v) is 6.26. The van der Waals surface area contributed by atoms with E-state index in [1.165, 1.54) is 6.92 Å². The Labute approximate surface area is 60.3 Å². The van der Waals surface area contributed by atoms with Gasteiger partial charge in [0.1, 0.15) is 0 Å². The second-order valence-electron chi connectivity index (χ2n) is 1.95. The first-order valence-electron chi connectivity index (χ1n) is 3.20. The van der Waals surface area contributed by atoms with Crippen molar-refractivity contribution in [1.82, 2.24) is 0 Å². The summed E-state index contributed by atoms with van der Waals surface area (Å²) in [7, 11) is 0. The third-order valence-corrected chi connectivity index (χ3v) is 0.775. The Kier molecular flexibility index (Phi) is 4.37. The van der Waals surface area contributed by atoms with Gasteiger partial charge in [0, 0.05) is 0 Å². The fourth-order valence-corrected chi connectivity index (χ4v) is 0.415. The molecule has 0 aliphatic carbocycles. The SMILES string of the molecule is CCCOC(=O)/C=C(/C)O. The summed E-state index contributed by atoms with van der Waals surface area (Å²) in [5.41, 5.74) is 0. The van der Waals surface area contributed by atoms with E-state index in [9.17, 15) is 4.79 Å². The number of hydrogen-bond donors (Lipinski definition) is 1. The van der Waals surface area contributed by atoms with Crippen LogP contribution in [0, 0.1) is 0 Å². The molecule has 0 unspecified atom stereocenters. The maximum atomic E-state index is 10.6. The number of allylic oxidation sites excluding steroid dienone is 1. The van der Waals surface area contributed by atoms with Gasteiger partial charge in [-0.2, -0.15) is 0 Å². The molecule has 0 spiro atoms. The topological polar surface area (TPSA) is 46.5 Å². The van der Waals surface area contributed by atoms with E-state index in [-0.39, 0.29) is 5.76 Å². The van der Waals surface area contributed by atoms with Gasteiger partial charge in [-0.3, -0.25) is 0 Å². The Balaban J connectivity index is 3.54. The second-order valence-corrected chi connectivity index (χ2v) is 1.95. The molecule has 0 rings (SSSR count). The van der Waals surface area contributed by atoms with Crippen LogP contribution in [0.1, 0.15) is 20.3 Å². The van der Waals surface area contributed by atoms with Gasteiger partial charge in [0.15, 0.2) is 0 Å². The molecule has 10 heavy (non-hydrogen) atoms. The maximum Gasteiger partial charge on any atom is 0.334 e. The van der Waals surface area contributed by atoms with Crippen molar-refractivity contribution in [2.45, 2.75) is 20.3 Å². The average Bonchev–Trinajstić information content (AvgIpc) is 1.82. The van der Waals surface area contributed by atoms with E-state index in [0.29, 0.717) is 6.61 Å². The highest BCUT2D eigenvalue weighted by Crippen LogP contribution is 1.88. The number of carbonyl (C=O) groups is 1. The number of aliphatic hydroxyl groups excluding tert-OH is 1. The van der Waals surface area contributed by atoms with Gasteiger partial charge in [-0.05, 0) is 13.3 Å². The van der Waals surface area contributed by atoms with Gasteiger partial charge >= 0.3 is 5.97 Å². The third kappa shape index (κ3) is 5.15. The smallest absolute Gasteiger partial charge is 0.334 e. The van der Waals surface area contributed by atoms with Crippen molar-refractivity contribution in [2.75, 3.05) is 6.61 Å². The van der Waals surface area contributed by atoms with Crippen LogP contribution in [-0.4, -0.2) is 17.7 Å². The number of carbonyl (C=O) groups excluding carboxylic acids is 1. The van der Waals surface area contributed by atoms with E-state index in [2.05, 4.69) is 4.74 Å². The fraction of sp³-hybridized carbons (Fsp3) is 0.571. The standard InChI is InChI=1S/C7H12O3/c1-3-4-10-7(9)5-6(2)8/h5,8H,3-4H2,1-2H3/b6-5-. The van der Waals surface area contributed by atoms with Gasteiger partial charge in [-0.15, -0.1) is 0 Å². The van der Waals surface area contributed by atoms with Crippen molar-refractivity contribution in [1.29, 1.82) is 0 Å². The molecule has 58 valence electrons. The lowest BCUT2D eigenvalue weighted by Gasteiger charge is -1.96. The van der Waals surface area contributed by atoms with Crippen LogP contribution in [0.15, 0.2) is 11.8 Å². The Hall–Kier alpha value is -0.990. The minimum Gasteiger partial charge on any atom is -0.512 e. The number of esters is 1. The van der Waals surface area contributed by atoms with Crippen LogP contribution in [0.25, 0.3) is 0 Å². The number of rotatable bonds is 3. The number of aliphatic hydroxyl groups is 1. The zero-order valence-electron chi connectivity index (χ0n) is 6.26. The lowest BCUT2D eigenvalue weighted by molar-refractivity contribution is -0.137. The average molecular weight is 144 g/mol. The maximum absolute atomic E-state index is 10.6. The van der Waals surface area contributed by atoms with Crippen LogP contribution >= 0.6 is 0 Å². The molecule has 0 aromatic rings. The number of hydrogen-bond acceptors (Lipinski definition) is 3. The van der Waals surface area contributed by atoms with Crippen LogP contribution in [0.3, 0.4) is 0 Å². The third-order valence-electron chi connectivity index (χ3n) is 0.775. The van der Waals surface area contributed by atoms with Crippen molar-refractivity contribution in [3.8, 4) is 0 Å². The Morgan fingerprint density at radius 2 is 2.30 bits per heavy atom. The van der Waals surface area contributed by atoms with E-state index in [4.69, 9.17) is 5.11 Å². The molecule has 0 aliphatic rings. The Morgan fingerprint density at radius 3 is 2.70 bits per heavy atom. The quantitative estimate of drug-likeness (QED) is 0.370. The largest absolute Gasteiger partial charge is 0.512 e. The van der Waals surface area contributed by atoms with Gasteiger partial charge in [0.05, 0.1) is 18.4 Å². The molecule has 3 nitrogen and oxygen atoms in total. The monoisotopic (exact) mass is 144 g/mol. The molecule has 0 amide bonds. The van der Waals surface area contributed by atoms with Crippen molar-refractivity contribution >= 4 is 5.97 Å². The molecule has 0 fully saturated rings. The molecular weight excluding hydrogens is 132 g/mol. The first-order chi connectivity index (χ1) is 4.66. The summed E-state index contributed by atoms with van der Waals surface area (Å²) in [4.78, 5) is 10.6. The molecule has 0 radical (unpaired) electrons. The molecule has 0 atom stereocenters. The van der Waals surface area contributed by atoms with Crippen LogP contribution < -0.4 is 0 Å². The van der Waals surface area contributed by atoms with Gasteiger partial charge in [-0.25, -0.2) is 4.79 Å². The molecule has 0 aromatic heterocycles. The summed E-state index contributed by atoms with van der Waals surface area (Å²) >= 11 is 0. The first kappa shape index (κ1) is 9.01. The normalized spacial score (nSPS) is 11.2. The lowest BCUT2D eigenvalue weighted by Crippen LogP contribution is -2.01. The van der Waals surface area contributed by atoms with Gasteiger partial charge in [0.2, 0.25) is 0 Å². The summed E-state index contributed by atoms with van der Waals surface area (Å²) in [6.45, 7) is 3.73. The van der Waals surface area contributed by atoms with E-state index < -0.39 is 5.97 Å². The summed E-state index contributed by atoms with van der Waals surface area (Å²) < 4.78 is 4.63. The molecule has 0 bridgehead atoms. The fourth-order valence-electron chi connectivity index (χ4n) is 0.415. The van der Waals surface area contributed by atoms with Crippen molar-refractivity contribution in [2.24, 2.45) is 0 Å². The highest BCUT2D eigenvalue weighted by atomic mass is 16.5. The summed E-state index contributed by atoms with van der Waals surface area (Å²) in [5, 5.41) is 8.58. The second kappa shape index (κ2) is 4.85. The summed E-state index contributed by atoms with van der Waals surface area (Å²) in [6, 6.07) is 0. The summed E-state index contributed by atoms with van der Waals surface area (Å²) in [5.74, 6) is -0.511. The van der Waals surface area contributed by atoms with Crippen LogP contribution in [-0.2, 0) is 9.53 Å². The predicted molar refractivity (Wildman–Crippen MR) is 37.6 cm³/mol. The molecule has 0 saturated carbocycles. The minimum atomic E-state index is -0.484. The summed E-state index contributed by atoms with van der Waals surface area (Å²) in [6.07, 6.45) is 1.85. The predicted octanol–water partition coefficient (Wildman–Crippen LogP) is 1.40. The molecule has 0 heterocycles. The molecule has 3 heteroatoms. The van der Waals surface area contributed by atoms with Crippen LogP contribution in [0.2, 0.25) is 0 Å². The van der Waals surface area contributed by atoms with Gasteiger partial charge in [0.25, 0.3) is 0 Å². The Morgan fingerprint density at radius 1 is 1.70 bits per heavy atom. The van der Waals surface area contributed by atoms with Crippen molar-refractivity contribution < 1.29 is 14.6 Å². The molecule has 0 aliphatic heterocycles. The number of ether oxygens (including phenoxy) is 1. The van der Waals surface area contributed by atoms with E-state index >= 15 is 0 Å². The Bertz CT molecular complexity index is 134. The molecular formula is C7H12O3. The van der Waals surface area contributed by atoms with Crippen molar-refractivity contribution in [3.05, 3.63) is 11.8 Å². The van der Waals surface area contributed by atoms with E-state index in [1.54, 1.807) is 0 Å². The van der Waals surface area contributed by atoms with Crippen LogP contribution in [0.4, 0.5) is 0 Å². The lowest BCUT2D eigenvalue weighted by atomic mass is 10.5. The molecule has 0 saturated heterocycles. The van der Waals surface area contributed by atoms with E-state index in [1.807, 2.05) is 6.92 Å². The molecule has 0 aromatic carbocycles. The zero-order chi connectivity index (χ0) is 7.98. The van der Waals surface area contributed by atoms with Crippen LogP contribution in [0.5, 0.6) is 0 Å². The van der Waals surface area contributed by atoms with Gasteiger partial charge in [-0.1, -0.05) is 6.92 Å². The van der Waals surface area contributed by atoms with E-state index in [0.717, 1.165) is 12.5 Å². The highest BCUT2D eigenvalue weighted by molar-refractivity contribution is 5.82. The van der Waals surface area contributed by atoms with Gasteiger partial charge < -0.3 is 9.84 Å². The highest BCUT2D eigenvalue weighted by Gasteiger charge is 1.95.